The number of aliphatic hydroxyl groups is 1. The fourth-order valence-electron chi connectivity index (χ4n) is 1.14. The average molecular weight is 222 g/mol. The Bertz CT molecular complexity index is 429. The normalized spacial score (nSPS) is 12.7. The van der Waals surface area contributed by atoms with Crippen LogP contribution in [0, 0.1) is 0 Å². The summed E-state index contributed by atoms with van der Waals surface area (Å²) in [7, 11) is 0. The number of hydrogen-bond donors (Lipinski definition) is 2. The lowest BCUT2D eigenvalue weighted by Gasteiger charge is -2.08. The Morgan fingerprint density at radius 3 is 3.00 bits per heavy atom. The van der Waals surface area contributed by atoms with Gasteiger partial charge in [-0.25, -0.2) is 9.97 Å². The van der Waals surface area contributed by atoms with Crippen molar-refractivity contribution in [3.05, 3.63) is 30.2 Å². The Hall–Kier alpha value is -1.40. The van der Waals surface area contributed by atoms with E-state index in [4.69, 9.17) is 0 Å². The van der Waals surface area contributed by atoms with Gasteiger partial charge in [-0.3, -0.25) is 5.10 Å². The Morgan fingerprint density at radius 2 is 2.33 bits per heavy atom. The SMILES string of the molecule is CC(O)c1cccnc1Sc1ncn[nH]1. The minimum Gasteiger partial charge on any atom is -0.389 e. The van der Waals surface area contributed by atoms with E-state index >= 15 is 0 Å². The summed E-state index contributed by atoms with van der Waals surface area (Å²) in [6, 6.07) is 3.64. The summed E-state index contributed by atoms with van der Waals surface area (Å²) in [4.78, 5) is 8.18. The molecule has 0 fully saturated rings. The molecule has 0 amide bonds. The zero-order valence-corrected chi connectivity index (χ0v) is 8.90. The van der Waals surface area contributed by atoms with E-state index in [0.717, 1.165) is 10.6 Å². The molecule has 2 aromatic rings. The van der Waals surface area contributed by atoms with Crippen LogP contribution in [0.3, 0.4) is 0 Å². The number of H-pyrrole nitrogens is 1. The van der Waals surface area contributed by atoms with Gasteiger partial charge in [0.05, 0.1) is 6.10 Å². The monoisotopic (exact) mass is 222 g/mol. The molecule has 2 rings (SSSR count). The first-order valence-electron chi connectivity index (χ1n) is 4.43. The quantitative estimate of drug-likeness (QED) is 0.821. The summed E-state index contributed by atoms with van der Waals surface area (Å²) < 4.78 is 0. The van der Waals surface area contributed by atoms with E-state index in [1.54, 1.807) is 19.2 Å². The van der Waals surface area contributed by atoms with E-state index in [0.29, 0.717) is 5.16 Å². The molecular weight excluding hydrogens is 212 g/mol. The van der Waals surface area contributed by atoms with E-state index in [1.807, 2.05) is 6.07 Å². The predicted octanol–water partition coefficient (Wildman–Crippen LogP) is 1.40. The number of pyridine rings is 1. The van der Waals surface area contributed by atoms with Gasteiger partial charge in [0, 0.05) is 11.8 Å². The maximum atomic E-state index is 9.53. The van der Waals surface area contributed by atoms with Gasteiger partial charge in [-0.05, 0) is 24.8 Å². The van der Waals surface area contributed by atoms with Crippen LogP contribution in [0.5, 0.6) is 0 Å². The van der Waals surface area contributed by atoms with E-state index in [9.17, 15) is 5.11 Å². The lowest BCUT2D eigenvalue weighted by Crippen LogP contribution is -1.96. The third kappa shape index (κ3) is 2.34. The summed E-state index contributed by atoms with van der Waals surface area (Å²) in [5.74, 6) is 0. The second kappa shape index (κ2) is 4.41. The van der Waals surface area contributed by atoms with Gasteiger partial charge in [0.25, 0.3) is 0 Å². The second-order valence-electron chi connectivity index (χ2n) is 2.97. The molecule has 2 aromatic heterocycles. The van der Waals surface area contributed by atoms with Crippen LogP contribution in [0.4, 0.5) is 0 Å². The minimum absolute atomic E-state index is 0.538. The fourth-order valence-corrected chi connectivity index (χ4v) is 1.99. The van der Waals surface area contributed by atoms with Crippen LogP contribution in [0.1, 0.15) is 18.6 Å². The van der Waals surface area contributed by atoms with Gasteiger partial charge in [-0.2, -0.15) is 5.10 Å². The van der Waals surface area contributed by atoms with Gasteiger partial charge in [0.2, 0.25) is 0 Å². The standard InChI is InChI=1S/C9H10N4OS/c1-6(14)7-3-2-4-10-8(7)15-9-11-5-12-13-9/h2-6,14H,1H3,(H,11,12,13). The summed E-state index contributed by atoms with van der Waals surface area (Å²) in [6.07, 6.45) is 2.59. The first-order chi connectivity index (χ1) is 7.27. The van der Waals surface area contributed by atoms with Crippen LogP contribution < -0.4 is 0 Å². The van der Waals surface area contributed by atoms with Crippen LogP contribution >= 0.6 is 11.8 Å². The summed E-state index contributed by atoms with van der Waals surface area (Å²) >= 11 is 1.35. The number of aromatic amines is 1. The van der Waals surface area contributed by atoms with Crippen molar-refractivity contribution in [1.82, 2.24) is 20.2 Å². The lowest BCUT2D eigenvalue weighted by atomic mass is 10.2. The maximum absolute atomic E-state index is 9.53. The zero-order valence-electron chi connectivity index (χ0n) is 8.08. The maximum Gasteiger partial charge on any atom is 0.189 e. The van der Waals surface area contributed by atoms with Gasteiger partial charge in [-0.15, -0.1) is 0 Å². The lowest BCUT2D eigenvalue weighted by molar-refractivity contribution is 0.195. The minimum atomic E-state index is -0.538. The number of aromatic nitrogens is 4. The van der Waals surface area contributed by atoms with Gasteiger partial charge < -0.3 is 5.11 Å². The number of aliphatic hydroxyl groups excluding tert-OH is 1. The molecule has 2 heterocycles. The number of hydrogen-bond acceptors (Lipinski definition) is 5. The molecule has 2 N–H and O–H groups in total. The largest absolute Gasteiger partial charge is 0.389 e. The molecule has 5 nitrogen and oxygen atoms in total. The Balaban J connectivity index is 2.28. The molecule has 78 valence electrons. The molecule has 1 atom stereocenters. The van der Waals surface area contributed by atoms with Crippen molar-refractivity contribution >= 4 is 11.8 Å². The Kier molecular flexibility index (Phi) is 2.98. The smallest absolute Gasteiger partial charge is 0.189 e. The molecule has 0 aromatic carbocycles. The summed E-state index contributed by atoms with van der Waals surface area (Å²) in [5, 5.41) is 17.4. The Labute approximate surface area is 91.0 Å². The van der Waals surface area contributed by atoms with Crippen LogP contribution in [0.15, 0.2) is 34.8 Å². The first kappa shape index (κ1) is 10.1. The Morgan fingerprint density at radius 1 is 1.47 bits per heavy atom. The molecule has 0 saturated heterocycles. The topological polar surface area (TPSA) is 74.7 Å². The van der Waals surface area contributed by atoms with Crippen LogP contribution in [-0.2, 0) is 0 Å². The molecule has 0 aliphatic rings. The third-order valence-electron chi connectivity index (χ3n) is 1.84. The highest BCUT2D eigenvalue weighted by atomic mass is 32.2. The van der Waals surface area contributed by atoms with Gasteiger partial charge in [0.1, 0.15) is 11.4 Å². The molecule has 0 bridgehead atoms. The van der Waals surface area contributed by atoms with Crippen molar-refractivity contribution in [3.8, 4) is 0 Å². The average Bonchev–Trinajstić information content (AvgIpc) is 2.71. The molecule has 0 aliphatic carbocycles. The molecule has 0 aliphatic heterocycles. The van der Waals surface area contributed by atoms with Crippen molar-refractivity contribution in [2.45, 2.75) is 23.2 Å². The predicted molar refractivity (Wildman–Crippen MR) is 55.4 cm³/mol. The highest BCUT2D eigenvalue weighted by Crippen LogP contribution is 2.28. The van der Waals surface area contributed by atoms with Crippen molar-refractivity contribution in [1.29, 1.82) is 0 Å². The van der Waals surface area contributed by atoms with Crippen molar-refractivity contribution in [3.63, 3.8) is 0 Å². The number of nitrogens with one attached hydrogen (secondary N) is 1. The van der Waals surface area contributed by atoms with Gasteiger partial charge >= 0.3 is 0 Å². The molecule has 1 unspecified atom stereocenters. The van der Waals surface area contributed by atoms with Crippen LogP contribution in [0.25, 0.3) is 0 Å². The van der Waals surface area contributed by atoms with Gasteiger partial charge in [-0.1, -0.05) is 6.07 Å². The molecule has 15 heavy (non-hydrogen) atoms. The number of rotatable bonds is 3. The zero-order chi connectivity index (χ0) is 10.7. The molecular formula is C9H10N4OS. The van der Waals surface area contributed by atoms with Crippen molar-refractivity contribution in [2.24, 2.45) is 0 Å². The van der Waals surface area contributed by atoms with Crippen LogP contribution in [-0.4, -0.2) is 25.3 Å². The summed E-state index contributed by atoms with van der Waals surface area (Å²) in [6.45, 7) is 1.71. The molecule has 0 saturated carbocycles. The van der Waals surface area contributed by atoms with Crippen LogP contribution in [0.2, 0.25) is 0 Å². The third-order valence-corrected chi connectivity index (χ3v) is 2.76. The highest BCUT2D eigenvalue weighted by molar-refractivity contribution is 7.99. The molecule has 0 radical (unpaired) electrons. The molecule has 6 heteroatoms. The van der Waals surface area contributed by atoms with E-state index < -0.39 is 6.10 Å². The van der Waals surface area contributed by atoms with Crippen molar-refractivity contribution in [2.75, 3.05) is 0 Å². The summed E-state index contributed by atoms with van der Waals surface area (Å²) in [5.41, 5.74) is 0.791. The second-order valence-corrected chi connectivity index (χ2v) is 3.94. The molecule has 0 spiro atoms. The van der Waals surface area contributed by atoms with Crippen molar-refractivity contribution < 1.29 is 5.11 Å². The van der Waals surface area contributed by atoms with Gasteiger partial charge in [0.15, 0.2) is 5.16 Å². The highest BCUT2D eigenvalue weighted by Gasteiger charge is 2.10. The van der Waals surface area contributed by atoms with E-state index in [1.165, 1.54) is 18.1 Å². The fraction of sp³-hybridized carbons (Fsp3) is 0.222. The van der Waals surface area contributed by atoms with E-state index in [-0.39, 0.29) is 0 Å². The first-order valence-corrected chi connectivity index (χ1v) is 5.25. The number of nitrogens with zero attached hydrogens (tertiary/aromatic N) is 3. The van der Waals surface area contributed by atoms with E-state index in [2.05, 4.69) is 20.2 Å².